The molecule has 0 spiro atoms. The van der Waals surface area contributed by atoms with Crippen molar-refractivity contribution in [2.75, 3.05) is 0 Å². The highest BCUT2D eigenvalue weighted by atomic mass is 31.1. The minimum absolute atomic E-state index is 0.350. The van der Waals surface area contributed by atoms with Gasteiger partial charge in [-0.2, -0.15) is 26.3 Å². The molecule has 0 bridgehead atoms. The van der Waals surface area contributed by atoms with Crippen molar-refractivity contribution in [3.05, 3.63) is 59.2 Å². The van der Waals surface area contributed by atoms with Gasteiger partial charge in [-0.3, -0.25) is 0 Å². The molecule has 0 saturated heterocycles. The summed E-state index contributed by atoms with van der Waals surface area (Å²) < 4.78 is 78.1. The maximum Gasteiger partial charge on any atom is 0.417 e. The van der Waals surface area contributed by atoms with Crippen LogP contribution in [-0.2, 0) is 12.4 Å². The molecule has 2 rings (SSSR count). The molecule has 118 valence electrons. The molecule has 0 saturated carbocycles. The van der Waals surface area contributed by atoms with Crippen LogP contribution in [0.5, 0.6) is 0 Å². The molecule has 1 unspecified atom stereocenters. The van der Waals surface area contributed by atoms with Crippen molar-refractivity contribution in [3.63, 3.8) is 0 Å². The maximum atomic E-state index is 13.1. The molecule has 0 radical (unpaired) electrons. The zero-order valence-electron chi connectivity index (χ0n) is 11.3. The highest BCUT2D eigenvalue weighted by molar-refractivity contribution is 7.55. The third-order valence-corrected chi connectivity index (χ3v) is 4.58. The third-order valence-electron chi connectivity index (χ3n) is 3.07. The first-order chi connectivity index (χ1) is 10.1. The fourth-order valence-electron chi connectivity index (χ4n) is 2.06. The van der Waals surface area contributed by atoms with E-state index >= 15 is 0 Å². The van der Waals surface area contributed by atoms with Gasteiger partial charge in [0.25, 0.3) is 0 Å². The molecule has 22 heavy (non-hydrogen) atoms. The molecule has 0 N–H and O–H groups in total. The zero-order valence-corrected chi connectivity index (χ0v) is 12.3. The van der Waals surface area contributed by atoms with Crippen LogP contribution in [0.25, 0.3) is 0 Å². The first kappa shape index (κ1) is 16.8. The number of hydrogen-bond acceptors (Lipinski definition) is 0. The van der Waals surface area contributed by atoms with Crippen molar-refractivity contribution in [2.45, 2.75) is 19.3 Å². The molecule has 0 amide bonds. The van der Waals surface area contributed by atoms with Gasteiger partial charge < -0.3 is 0 Å². The molecule has 2 aromatic carbocycles. The second-order valence-corrected chi connectivity index (χ2v) is 5.99. The predicted molar refractivity (Wildman–Crippen MR) is 75.2 cm³/mol. The van der Waals surface area contributed by atoms with E-state index in [1.807, 2.05) is 0 Å². The quantitative estimate of drug-likeness (QED) is 0.553. The summed E-state index contributed by atoms with van der Waals surface area (Å²) in [5, 5.41) is 0.240. The molecule has 0 fully saturated rings. The smallest absolute Gasteiger partial charge is 0.166 e. The number of halogens is 6. The Balaban J connectivity index is 2.59. The van der Waals surface area contributed by atoms with E-state index in [1.54, 1.807) is 31.2 Å². The predicted octanol–water partition coefficient (Wildman–Crippen LogP) is 4.66. The lowest BCUT2D eigenvalue weighted by Gasteiger charge is -2.19. The molecular formula is C15H11F6P. The lowest BCUT2D eigenvalue weighted by atomic mass is 10.1. The minimum atomic E-state index is -5.06. The van der Waals surface area contributed by atoms with Crippen LogP contribution in [0.2, 0.25) is 0 Å². The van der Waals surface area contributed by atoms with Crippen molar-refractivity contribution in [1.29, 1.82) is 0 Å². The Morgan fingerprint density at radius 2 is 1.32 bits per heavy atom. The van der Waals surface area contributed by atoms with Gasteiger partial charge in [-0.15, -0.1) is 0 Å². The Kier molecular flexibility index (Phi) is 4.52. The summed E-state index contributed by atoms with van der Waals surface area (Å²) in [7, 11) is -0.497. The van der Waals surface area contributed by atoms with Crippen LogP contribution >= 0.6 is 8.58 Å². The topological polar surface area (TPSA) is 0 Å². The summed E-state index contributed by atoms with van der Waals surface area (Å²) in [4.78, 5) is 0. The number of rotatable bonds is 2. The molecule has 0 heterocycles. The molecule has 1 atom stereocenters. The highest BCUT2D eigenvalue weighted by Gasteiger charge is 2.44. The highest BCUT2D eigenvalue weighted by Crippen LogP contribution is 2.40. The lowest BCUT2D eigenvalue weighted by molar-refractivity contribution is -0.161. The van der Waals surface area contributed by atoms with E-state index in [0.29, 0.717) is 11.4 Å². The van der Waals surface area contributed by atoms with Gasteiger partial charge in [0.05, 0.1) is 11.1 Å². The number of hydrogen-bond donors (Lipinski definition) is 0. The second-order valence-electron chi connectivity index (χ2n) is 4.66. The van der Waals surface area contributed by atoms with Crippen molar-refractivity contribution in [3.8, 4) is 0 Å². The maximum absolute atomic E-state index is 13.1. The standard InChI is InChI=1S/C15H11F6P/c1-9-5-2-3-7-11(9)22-12-8-4-6-10(14(16,17)18)13(12)15(19,20)21/h2-8,22H,1H3. The van der Waals surface area contributed by atoms with Crippen molar-refractivity contribution in [2.24, 2.45) is 0 Å². The van der Waals surface area contributed by atoms with Crippen LogP contribution in [0.3, 0.4) is 0 Å². The van der Waals surface area contributed by atoms with E-state index in [2.05, 4.69) is 0 Å². The number of alkyl halides is 6. The van der Waals surface area contributed by atoms with Gasteiger partial charge in [0, 0.05) is 0 Å². The summed E-state index contributed by atoms with van der Waals surface area (Å²) in [5.41, 5.74) is -2.49. The molecule has 0 aliphatic carbocycles. The largest absolute Gasteiger partial charge is 0.417 e. The Hall–Kier alpha value is -1.55. The molecule has 0 aliphatic heterocycles. The Morgan fingerprint density at radius 1 is 0.727 bits per heavy atom. The summed E-state index contributed by atoms with van der Waals surface area (Å²) in [5.74, 6) is 0. The molecule has 7 heteroatoms. The average Bonchev–Trinajstić information content (AvgIpc) is 2.39. The van der Waals surface area contributed by atoms with Crippen LogP contribution < -0.4 is 10.6 Å². The SMILES string of the molecule is Cc1ccccc1Pc1cccc(C(F)(F)F)c1C(F)(F)F. The number of benzene rings is 2. The average molecular weight is 336 g/mol. The molecule has 0 aromatic heterocycles. The second kappa shape index (κ2) is 5.92. The summed E-state index contributed by atoms with van der Waals surface area (Å²) in [6, 6.07) is 9.28. The van der Waals surface area contributed by atoms with E-state index in [0.717, 1.165) is 17.7 Å². The van der Waals surface area contributed by atoms with Gasteiger partial charge in [-0.25, -0.2) is 0 Å². The fraction of sp³-hybridized carbons (Fsp3) is 0.200. The monoisotopic (exact) mass is 336 g/mol. The molecular weight excluding hydrogens is 325 g/mol. The van der Waals surface area contributed by atoms with E-state index < -0.39 is 32.1 Å². The fourth-order valence-corrected chi connectivity index (χ4v) is 3.39. The Bertz CT molecular complexity index is 672. The lowest BCUT2D eigenvalue weighted by Crippen LogP contribution is -2.25. The van der Waals surface area contributed by atoms with Gasteiger partial charge in [-0.1, -0.05) is 45.0 Å². The zero-order chi connectivity index (χ0) is 16.5. The van der Waals surface area contributed by atoms with Gasteiger partial charge in [-0.05, 0) is 29.2 Å². The van der Waals surface area contributed by atoms with Crippen molar-refractivity contribution < 1.29 is 26.3 Å². The van der Waals surface area contributed by atoms with Crippen molar-refractivity contribution >= 4 is 19.2 Å². The third kappa shape index (κ3) is 3.61. The molecule has 0 nitrogen and oxygen atoms in total. The molecule has 2 aromatic rings. The Labute approximate surface area is 124 Å². The van der Waals surface area contributed by atoms with Gasteiger partial charge >= 0.3 is 12.4 Å². The van der Waals surface area contributed by atoms with Crippen LogP contribution in [0.1, 0.15) is 16.7 Å². The first-order valence-corrected chi connectivity index (χ1v) is 7.21. The van der Waals surface area contributed by atoms with Crippen LogP contribution in [-0.4, -0.2) is 0 Å². The normalized spacial score (nSPS) is 13.0. The van der Waals surface area contributed by atoms with Crippen molar-refractivity contribution in [1.82, 2.24) is 0 Å². The van der Waals surface area contributed by atoms with Crippen LogP contribution in [0.4, 0.5) is 26.3 Å². The van der Waals surface area contributed by atoms with Crippen LogP contribution in [0, 0.1) is 6.92 Å². The number of aryl methyl sites for hydroxylation is 1. The van der Waals surface area contributed by atoms with Crippen LogP contribution in [0.15, 0.2) is 42.5 Å². The van der Waals surface area contributed by atoms with E-state index in [4.69, 9.17) is 0 Å². The molecule has 0 aliphatic rings. The van der Waals surface area contributed by atoms with Gasteiger partial charge in [0.15, 0.2) is 0 Å². The summed E-state index contributed by atoms with van der Waals surface area (Å²) in [6.07, 6.45) is -10.1. The summed E-state index contributed by atoms with van der Waals surface area (Å²) >= 11 is 0. The Morgan fingerprint density at radius 3 is 1.86 bits per heavy atom. The van der Waals surface area contributed by atoms with Gasteiger partial charge in [0.2, 0.25) is 0 Å². The van der Waals surface area contributed by atoms with Gasteiger partial charge in [0.1, 0.15) is 0 Å². The van der Waals surface area contributed by atoms with E-state index in [-0.39, 0.29) is 5.30 Å². The summed E-state index contributed by atoms with van der Waals surface area (Å²) in [6.45, 7) is 1.71. The first-order valence-electron chi connectivity index (χ1n) is 6.21. The minimum Gasteiger partial charge on any atom is -0.166 e. The van der Waals surface area contributed by atoms with E-state index in [9.17, 15) is 26.3 Å². The van der Waals surface area contributed by atoms with E-state index in [1.165, 1.54) is 0 Å².